The number of morpholine rings is 1. The maximum Gasteiger partial charge on any atom is 0.281 e. The van der Waals surface area contributed by atoms with E-state index in [1.54, 1.807) is 6.92 Å². The smallest absolute Gasteiger partial charge is 0.281 e. The Morgan fingerprint density at radius 3 is 2.59 bits per heavy atom. The Labute approximate surface area is 196 Å². The van der Waals surface area contributed by atoms with Crippen LogP contribution in [0.5, 0.6) is 11.5 Å². The lowest BCUT2D eigenvalue weighted by atomic mass is 10.2. The minimum atomic E-state index is -0.529. The number of hydrogen-bond acceptors (Lipinski definition) is 8. The molecule has 0 bridgehead atoms. The standard InChI is InChI=1S/C21H27ClN4O5S/c1-4-8-31-17-15(22)11-14(12-16(17)30-5-2)19(27)24-25-20(28)18-13(3)23-21(32-18)26-6-9-29-10-7-26/h11-12H,4-10H2,1-3H3,(H,24,27)(H,25,28). The number of hydrazine groups is 1. The molecule has 9 nitrogen and oxygen atoms in total. The van der Waals surface area contributed by atoms with E-state index in [-0.39, 0.29) is 10.6 Å². The fourth-order valence-electron chi connectivity index (χ4n) is 3.03. The van der Waals surface area contributed by atoms with Crippen molar-refractivity contribution in [1.29, 1.82) is 0 Å². The average molecular weight is 483 g/mol. The summed E-state index contributed by atoms with van der Waals surface area (Å²) in [6, 6.07) is 3.02. The predicted molar refractivity (Wildman–Crippen MR) is 123 cm³/mol. The molecule has 0 spiro atoms. The number of benzene rings is 1. The molecule has 0 atom stereocenters. The highest BCUT2D eigenvalue weighted by molar-refractivity contribution is 7.17. The molecule has 1 aromatic carbocycles. The number of carbonyl (C=O) groups excluding carboxylic acids is 2. The fourth-order valence-corrected chi connectivity index (χ4v) is 4.31. The second-order valence-corrected chi connectivity index (χ2v) is 8.37. The van der Waals surface area contributed by atoms with Crippen molar-refractivity contribution < 1.29 is 23.8 Å². The summed E-state index contributed by atoms with van der Waals surface area (Å²) in [4.78, 5) is 32.3. The zero-order valence-corrected chi connectivity index (χ0v) is 19.9. The van der Waals surface area contributed by atoms with Crippen LogP contribution in [0.4, 0.5) is 5.13 Å². The van der Waals surface area contributed by atoms with Gasteiger partial charge in [-0.1, -0.05) is 29.9 Å². The summed E-state index contributed by atoms with van der Waals surface area (Å²) in [5.74, 6) is -0.198. The van der Waals surface area contributed by atoms with Crippen molar-refractivity contribution in [1.82, 2.24) is 15.8 Å². The maximum atomic E-state index is 12.6. The number of anilines is 1. The van der Waals surface area contributed by atoms with Gasteiger partial charge in [0.25, 0.3) is 11.8 Å². The molecule has 174 valence electrons. The van der Waals surface area contributed by atoms with E-state index >= 15 is 0 Å². The lowest BCUT2D eigenvalue weighted by molar-refractivity contribution is 0.0848. The van der Waals surface area contributed by atoms with Crippen molar-refractivity contribution in [3.8, 4) is 11.5 Å². The molecule has 1 saturated heterocycles. The third kappa shape index (κ3) is 5.81. The molecule has 2 amide bonds. The molecule has 1 aliphatic rings. The first-order valence-corrected chi connectivity index (χ1v) is 11.6. The highest BCUT2D eigenvalue weighted by atomic mass is 35.5. The summed E-state index contributed by atoms with van der Waals surface area (Å²) >= 11 is 7.59. The van der Waals surface area contributed by atoms with Crippen molar-refractivity contribution in [3.05, 3.63) is 33.3 Å². The van der Waals surface area contributed by atoms with Gasteiger partial charge in [-0.05, 0) is 32.4 Å². The number of carbonyl (C=O) groups is 2. The third-order valence-corrected chi connectivity index (χ3v) is 6.08. The largest absolute Gasteiger partial charge is 0.490 e. The Balaban J connectivity index is 1.67. The molecular formula is C21H27ClN4O5S. The predicted octanol–water partition coefficient (Wildman–Crippen LogP) is 3.20. The molecule has 3 rings (SSSR count). The number of nitrogens with zero attached hydrogens (tertiary/aromatic N) is 2. The minimum absolute atomic E-state index is 0.234. The number of aryl methyl sites for hydroxylation is 1. The van der Waals surface area contributed by atoms with Crippen LogP contribution in [0.15, 0.2) is 12.1 Å². The first-order chi connectivity index (χ1) is 15.4. The Morgan fingerprint density at radius 2 is 1.91 bits per heavy atom. The fraction of sp³-hybridized carbons (Fsp3) is 0.476. The minimum Gasteiger partial charge on any atom is -0.490 e. The van der Waals surface area contributed by atoms with Gasteiger partial charge in [0.2, 0.25) is 0 Å². The molecule has 1 aromatic heterocycles. The Morgan fingerprint density at radius 1 is 1.19 bits per heavy atom. The Hall–Kier alpha value is -2.56. The summed E-state index contributed by atoms with van der Waals surface area (Å²) in [7, 11) is 0. The molecule has 32 heavy (non-hydrogen) atoms. The number of nitrogens with one attached hydrogen (secondary N) is 2. The zero-order chi connectivity index (χ0) is 23.1. The SMILES string of the molecule is CCCOc1c(Cl)cc(C(=O)NNC(=O)c2sc(N3CCOCC3)nc2C)cc1OCC. The van der Waals surface area contributed by atoms with Gasteiger partial charge < -0.3 is 19.1 Å². The van der Waals surface area contributed by atoms with E-state index in [2.05, 4.69) is 20.7 Å². The van der Waals surface area contributed by atoms with E-state index in [0.717, 1.165) is 24.6 Å². The van der Waals surface area contributed by atoms with Gasteiger partial charge in [0, 0.05) is 18.7 Å². The topological polar surface area (TPSA) is 102 Å². The highest BCUT2D eigenvalue weighted by Gasteiger charge is 2.22. The average Bonchev–Trinajstić information content (AvgIpc) is 3.19. The highest BCUT2D eigenvalue weighted by Crippen LogP contribution is 2.36. The number of halogens is 1. The number of amides is 2. The molecule has 0 radical (unpaired) electrons. The van der Waals surface area contributed by atoms with Crippen LogP contribution in [-0.2, 0) is 4.74 Å². The van der Waals surface area contributed by atoms with Gasteiger partial charge in [-0.3, -0.25) is 20.4 Å². The molecule has 0 saturated carbocycles. The molecule has 11 heteroatoms. The lowest BCUT2D eigenvalue weighted by Gasteiger charge is -2.25. The van der Waals surface area contributed by atoms with Gasteiger partial charge in [0.15, 0.2) is 16.6 Å². The van der Waals surface area contributed by atoms with E-state index in [1.807, 2.05) is 13.8 Å². The van der Waals surface area contributed by atoms with Crippen molar-refractivity contribution in [2.24, 2.45) is 0 Å². The number of rotatable bonds is 8. The normalized spacial score (nSPS) is 13.6. The van der Waals surface area contributed by atoms with Gasteiger partial charge in [0.1, 0.15) is 4.88 Å². The number of ether oxygens (including phenoxy) is 3. The van der Waals surface area contributed by atoms with E-state index in [0.29, 0.717) is 48.5 Å². The van der Waals surface area contributed by atoms with Crippen LogP contribution < -0.4 is 25.2 Å². The monoisotopic (exact) mass is 482 g/mol. The summed E-state index contributed by atoms with van der Waals surface area (Å²) in [5.41, 5.74) is 5.71. The second kappa shape index (κ2) is 11.3. The molecular weight excluding hydrogens is 456 g/mol. The van der Waals surface area contributed by atoms with Gasteiger partial charge in [-0.2, -0.15) is 0 Å². The molecule has 0 aliphatic carbocycles. The lowest BCUT2D eigenvalue weighted by Crippen LogP contribution is -2.41. The van der Waals surface area contributed by atoms with Crippen LogP contribution in [-0.4, -0.2) is 56.3 Å². The van der Waals surface area contributed by atoms with Crippen LogP contribution in [0.25, 0.3) is 0 Å². The van der Waals surface area contributed by atoms with Crippen LogP contribution >= 0.6 is 22.9 Å². The molecule has 2 heterocycles. The van der Waals surface area contributed by atoms with Crippen molar-refractivity contribution >= 4 is 39.9 Å². The molecule has 0 unspecified atom stereocenters. The van der Waals surface area contributed by atoms with Crippen LogP contribution in [0.1, 0.15) is 46.0 Å². The van der Waals surface area contributed by atoms with E-state index in [4.69, 9.17) is 25.8 Å². The van der Waals surface area contributed by atoms with E-state index in [1.165, 1.54) is 23.5 Å². The van der Waals surface area contributed by atoms with Crippen molar-refractivity contribution in [2.75, 3.05) is 44.4 Å². The van der Waals surface area contributed by atoms with Crippen LogP contribution in [0.2, 0.25) is 5.02 Å². The first-order valence-electron chi connectivity index (χ1n) is 10.4. The van der Waals surface area contributed by atoms with Crippen LogP contribution in [0, 0.1) is 6.92 Å². The van der Waals surface area contributed by atoms with Crippen LogP contribution in [0.3, 0.4) is 0 Å². The van der Waals surface area contributed by atoms with E-state index in [9.17, 15) is 9.59 Å². The van der Waals surface area contributed by atoms with Gasteiger partial charge in [-0.25, -0.2) is 4.98 Å². The third-order valence-electron chi connectivity index (χ3n) is 4.58. The molecule has 1 aliphatic heterocycles. The number of thiazole rings is 1. The van der Waals surface area contributed by atoms with Gasteiger partial charge >= 0.3 is 0 Å². The quantitative estimate of drug-likeness (QED) is 0.557. The van der Waals surface area contributed by atoms with Crippen molar-refractivity contribution in [2.45, 2.75) is 27.2 Å². The van der Waals surface area contributed by atoms with Crippen molar-refractivity contribution in [3.63, 3.8) is 0 Å². The molecule has 2 N–H and O–H groups in total. The summed E-state index contributed by atoms with van der Waals surface area (Å²) in [6.45, 7) is 9.15. The Kier molecular flexibility index (Phi) is 8.54. The van der Waals surface area contributed by atoms with E-state index < -0.39 is 11.8 Å². The summed E-state index contributed by atoms with van der Waals surface area (Å²) in [6.07, 6.45) is 0.806. The summed E-state index contributed by atoms with van der Waals surface area (Å²) in [5, 5.41) is 1.02. The Bertz CT molecular complexity index is 962. The van der Waals surface area contributed by atoms with Gasteiger partial charge in [-0.15, -0.1) is 0 Å². The summed E-state index contributed by atoms with van der Waals surface area (Å²) < 4.78 is 16.6. The molecule has 1 fully saturated rings. The number of hydrogen-bond donors (Lipinski definition) is 2. The maximum absolute atomic E-state index is 12.6. The zero-order valence-electron chi connectivity index (χ0n) is 18.3. The first kappa shape index (κ1) is 24.1. The number of aromatic nitrogens is 1. The second-order valence-electron chi connectivity index (χ2n) is 6.99. The van der Waals surface area contributed by atoms with Gasteiger partial charge in [0.05, 0.1) is 37.1 Å². The molecule has 2 aromatic rings.